The van der Waals surface area contributed by atoms with Crippen molar-refractivity contribution in [1.82, 2.24) is 14.7 Å². The van der Waals surface area contributed by atoms with E-state index in [-0.39, 0.29) is 22.9 Å². The minimum Gasteiger partial charge on any atom is -0.494 e. The summed E-state index contributed by atoms with van der Waals surface area (Å²) in [7, 11) is 1.43. The van der Waals surface area contributed by atoms with Crippen molar-refractivity contribution < 1.29 is 9.53 Å². The number of carbonyl (C=O) groups is 1. The van der Waals surface area contributed by atoms with Crippen molar-refractivity contribution in [3.63, 3.8) is 0 Å². The largest absolute Gasteiger partial charge is 0.494 e. The Kier molecular flexibility index (Phi) is 5.95. The summed E-state index contributed by atoms with van der Waals surface area (Å²) in [5.74, 6) is -0.0913. The first-order valence-electron chi connectivity index (χ1n) is 10.0. The number of hydrogen-bond acceptors (Lipinski definition) is 5. The summed E-state index contributed by atoms with van der Waals surface area (Å²) in [5.41, 5.74) is 2.24. The van der Waals surface area contributed by atoms with E-state index in [4.69, 9.17) is 16.3 Å². The second-order valence-electron chi connectivity index (χ2n) is 7.33. The van der Waals surface area contributed by atoms with Gasteiger partial charge in [0.1, 0.15) is 0 Å². The molecule has 0 bridgehead atoms. The van der Waals surface area contributed by atoms with Gasteiger partial charge in [-0.15, -0.1) is 0 Å². The maximum absolute atomic E-state index is 13.3. The third-order valence-corrected chi connectivity index (χ3v) is 5.74. The van der Waals surface area contributed by atoms with Crippen LogP contribution in [0.5, 0.6) is 5.75 Å². The van der Waals surface area contributed by atoms with Crippen LogP contribution in [0.3, 0.4) is 0 Å². The highest BCUT2D eigenvalue weighted by molar-refractivity contribution is 6.33. The van der Waals surface area contributed by atoms with Crippen LogP contribution in [-0.4, -0.2) is 53.9 Å². The molecule has 0 atom stereocenters. The molecule has 160 valence electrons. The molecule has 4 rings (SSSR count). The zero-order valence-electron chi connectivity index (χ0n) is 17.4. The van der Waals surface area contributed by atoms with E-state index < -0.39 is 0 Å². The second-order valence-corrected chi connectivity index (χ2v) is 7.74. The number of hydrogen-bond donors (Lipinski definition) is 0. The van der Waals surface area contributed by atoms with Crippen molar-refractivity contribution in [1.29, 1.82) is 0 Å². The van der Waals surface area contributed by atoms with E-state index in [1.165, 1.54) is 17.9 Å². The Balaban J connectivity index is 1.60. The summed E-state index contributed by atoms with van der Waals surface area (Å²) in [6.45, 7) is 4.21. The number of benzene rings is 2. The molecule has 1 aliphatic rings. The van der Waals surface area contributed by atoms with Crippen LogP contribution in [0.15, 0.2) is 59.4 Å². The molecule has 0 N–H and O–H groups in total. The molecule has 1 aliphatic heterocycles. The molecule has 3 aromatic rings. The Morgan fingerprint density at radius 2 is 1.65 bits per heavy atom. The zero-order valence-corrected chi connectivity index (χ0v) is 18.2. The molecule has 0 saturated carbocycles. The summed E-state index contributed by atoms with van der Waals surface area (Å²) in [5, 5.41) is 5.08. The highest BCUT2D eigenvalue weighted by Gasteiger charge is 2.27. The maximum atomic E-state index is 13.3. The van der Waals surface area contributed by atoms with E-state index in [1.54, 1.807) is 11.0 Å². The third-order valence-electron chi connectivity index (χ3n) is 5.42. The minimum absolute atomic E-state index is 0.122. The Morgan fingerprint density at radius 1 is 1.00 bits per heavy atom. The standard InChI is InChI=1S/C23H23ClN4O3/c1-16-7-3-5-9-18(16)28-21(29)15-20(31-2)22(25-28)23(30)27-13-11-26(12-14-27)19-10-6-4-8-17(19)24/h3-10,15H,11-14H2,1-2H3. The van der Waals surface area contributed by atoms with Crippen molar-refractivity contribution in [2.24, 2.45) is 0 Å². The van der Waals surface area contributed by atoms with E-state index in [9.17, 15) is 9.59 Å². The lowest BCUT2D eigenvalue weighted by molar-refractivity contribution is 0.0734. The fourth-order valence-electron chi connectivity index (χ4n) is 3.73. The van der Waals surface area contributed by atoms with Crippen molar-refractivity contribution in [3.8, 4) is 11.4 Å². The summed E-state index contributed by atoms with van der Waals surface area (Å²) < 4.78 is 6.57. The first kappa shape index (κ1) is 20.9. The van der Waals surface area contributed by atoms with Crippen LogP contribution in [-0.2, 0) is 0 Å². The smallest absolute Gasteiger partial charge is 0.278 e. The molecule has 8 heteroatoms. The van der Waals surface area contributed by atoms with Gasteiger partial charge < -0.3 is 14.5 Å². The van der Waals surface area contributed by atoms with Crippen LogP contribution in [0.2, 0.25) is 5.02 Å². The van der Waals surface area contributed by atoms with Crippen LogP contribution in [0.1, 0.15) is 16.1 Å². The van der Waals surface area contributed by atoms with Gasteiger partial charge in [-0.1, -0.05) is 41.9 Å². The number of aromatic nitrogens is 2. The van der Waals surface area contributed by atoms with Gasteiger partial charge in [-0.3, -0.25) is 9.59 Å². The number of halogens is 1. The lowest BCUT2D eigenvalue weighted by Gasteiger charge is -2.36. The molecule has 0 spiro atoms. The van der Waals surface area contributed by atoms with E-state index in [2.05, 4.69) is 10.00 Å². The average molecular weight is 439 g/mol. The zero-order chi connectivity index (χ0) is 22.0. The van der Waals surface area contributed by atoms with Gasteiger partial charge in [0.05, 0.1) is 29.6 Å². The number of carbonyl (C=O) groups excluding carboxylic acids is 1. The van der Waals surface area contributed by atoms with Crippen LogP contribution < -0.4 is 15.2 Å². The fourth-order valence-corrected chi connectivity index (χ4v) is 3.98. The van der Waals surface area contributed by atoms with Crippen molar-refractivity contribution in [2.45, 2.75) is 6.92 Å². The van der Waals surface area contributed by atoms with Crippen LogP contribution >= 0.6 is 11.6 Å². The topological polar surface area (TPSA) is 67.7 Å². The van der Waals surface area contributed by atoms with Crippen LogP contribution in [0.25, 0.3) is 5.69 Å². The number of amides is 1. The molecule has 1 aromatic heterocycles. The van der Waals surface area contributed by atoms with Crippen molar-refractivity contribution in [3.05, 3.63) is 81.2 Å². The molecule has 1 amide bonds. The van der Waals surface area contributed by atoms with Crippen LogP contribution in [0.4, 0.5) is 5.69 Å². The number of rotatable bonds is 4. The molecular weight excluding hydrogens is 416 g/mol. The van der Waals surface area contributed by atoms with Gasteiger partial charge in [-0.05, 0) is 30.7 Å². The van der Waals surface area contributed by atoms with Gasteiger partial charge in [0.15, 0.2) is 11.4 Å². The average Bonchev–Trinajstić information content (AvgIpc) is 2.79. The van der Waals surface area contributed by atoms with E-state index in [1.807, 2.05) is 49.4 Å². The van der Waals surface area contributed by atoms with Gasteiger partial charge in [0.25, 0.3) is 11.5 Å². The molecular formula is C23H23ClN4O3. The first-order chi connectivity index (χ1) is 15.0. The van der Waals surface area contributed by atoms with E-state index in [0.29, 0.717) is 36.9 Å². The Morgan fingerprint density at radius 3 is 2.29 bits per heavy atom. The van der Waals surface area contributed by atoms with Gasteiger partial charge in [0, 0.05) is 26.2 Å². The number of anilines is 1. The lowest BCUT2D eigenvalue weighted by atomic mass is 10.2. The lowest BCUT2D eigenvalue weighted by Crippen LogP contribution is -2.49. The fraction of sp³-hybridized carbons (Fsp3) is 0.261. The number of nitrogens with zero attached hydrogens (tertiary/aromatic N) is 4. The number of piperazine rings is 1. The van der Waals surface area contributed by atoms with Gasteiger partial charge in [0.2, 0.25) is 0 Å². The summed E-state index contributed by atoms with van der Waals surface area (Å²) >= 11 is 6.31. The highest BCUT2D eigenvalue weighted by Crippen LogP contribution is 2.26. The number of methoxy groups -OCH3 is 1. The molecule has 1 saturated heterocycles. The highest BCUT2D eigenvalue weighted by atomic mass is 35.5. The van der Waals surface area contributed by atoms with Gasteiger partial charge >= 0.3 is 0 Å². The van der Waals surface area contributed by atoms with Crippen LogP contribution in [0, 0.1) is 6.92 Å². The Hall–Kier alpha value is -3.32. The maximum Gasteiger partial charge on any atom is 0.278 e. The van der Waals surface area contributed by atoms with Crippen molar-refractivity contribution >= 4 is 23.2 Å². The number of para-hydroxylation sites is 2. The number of ether oxygens (including phenoxy) is 1. The molecule has 1 fully saturated rings. The Labute approximate surface area is 185 Å². The molecule has 0 aliphatic carbocycles. The summed E-state index contributed by atoms with van der Waals surface area (Å²) in [6, 6.07) is 16.4. The monoisotopic (exact) mass is 438 g/mol. The SMILES string of the molecule is COc1cc(=O)n(-c2ccccc2C)nc1C(=O)N1CCN(c2ccccc2Cl)CC1. The third kappa shape index (κ3) is 4.14. The molecule has 7 nitrogen and oxygen atoms in total. The van der Waals surface area contributed by atoms with Crippen molar-refractivity contribution in [2.75, 3.05) is 38.2 Å². The Bertz CT molecular complexity index is 1170. The predicted molar refractivity (Wildman–Crippen MR) is 121 cm³/mol. The van der Waals surface area contributed by atoms with E-state index >= 15 is 0 Å². The summed E-state index contributed by atoms with van der Waals surface area (Å²) in [6.07, 6.45) is 0. The molecule has 31 heavy (non-hydrogen) atoms. The normalized spacial score (nSPS) is 13.9. The quantitative estimate of drug-likeness (QED) is 0.626. The van der Waals surface area contributed by atoms with Gasteiger partial charge in [-0.2, -0.15) is 9.78 Å². The molecule has 0 radical (unpaired) electrons. The molecule has 2 heterocycles. The predicted octanol–water partition coefficient (Wildman–Crippen LogP) is 3.17. The van der Waals surface area contributed by atoms with E-state index in [0.717, 1.165) is 11.3 Å². The summed E-state index contributed by atoms with van der Waals surface area (Å²) in [4.78, 5) is 29.8. The first-order valence-corrected chi connectivity index (χ1v) is 10.4. The second kappa shape index (κ2) is 8.81. The molecule has 2 aromatic carbocycles. The molecule has 0 unspecified atom stereocenters. The van der Waals surface area contributed by atoms with Gasteiger partial charge in [-0.25, -0.2) is 0 Å². The number of aryl methyl sites for hydroxylation is 1. The minimum atomic E-state index is -0.355.